The highest BCUT2D eigenvalue weighted by Gasteiger charge is 2.12. The van der Waals surface area contributed by atoms with Crippen LogP contribution in [0.5, 0.6) is 11.5 Å². The number of carbonyl (C=O) groups is 2. The molecule has 3 aromatic rings. The predicted octanol–water partition coefficient (Wildman–Crippen LogP) is 4.43. The second kappa shape index (κ2) is 7.45. The number of aryl methyl sites for hydroxylation is 1. The third-order valence-electron chi connectivity index (χ3n) is 3.58. The van der Waals surface area contributed by atoms with Gasteiger partial charge in [-0.15, -0.1) is 0 Å². The van der Waals surface area contributed by atoms with Gasteiger partial charge in [0.1, 0.15) is 11.5 Å². The van der Waals surface area contributed by atoms with E-state index >= 15 is 0 Å². The minimum absolute atomic E-state index is 0.394. The number of ether oxygens (including phenoxy) is 2. The first-order chi connectivity index (χ1) is 12.1. The molecular formula is C21H16O4. The molecule has 0 unspecified atom stereocenters. The molecule has 0 aromatic heterocycles. The molecule has 0 atom stereocenters. The summed E-state index contributed by atoms with van der Waals surface area (Å²) >= 11 is 0. The molecule has 0 radical (unpaired) electrons. The summed E-state index contributed by atoms with van der Waals surface area (Å²) in [4.78, 5) is 24.2. The normalized spacial score (nSPS) is 10.1. The summed E-state index contributed by atoms with van der Waals surface area (Å²) in [6.07, 6.45) is 0. The zero-order valence-corrected chi connectivity index (χ0v) is 13.6. The maximum atomic E-state index is 12.1. The van der Waals surface area contributed by atoms with Crippen molar-refractivity contribution in [2.75, 3.05) is 0 Å². The van der Waals surface area contributed by atoms with Crippen molar-refractivity contribution in [1.82, 2.24) is 0 Å². The SMILES string of the molecule is Cc1cc(OC(=O)c2ccccc2)ccc1OC(=O)c1ccccc1. The average molecular weight is 332 g/mol. The summed E-state index contributed by atoms with van der Waals surface area (Å²) < 4.78 is 10.7. The zero-order chi connectivity index (χ0) is 17.6. The monoisotopic (exact) mass is 332 g/mol. The summed E-state index contributed by atoms with van der Waals surface area (Å²) in [5.41, 5.74) is 1.64. The molecule has 4 heteroatoms. The Hall–Kier alpha value is -3.40. The van der Waals surface area contributed by atoms with E-state index in [0.717, 1.165) is 0 Å². The van der Waals surface area contributed by atoms with Crippen molar-refractivity contribution in [2.45, 2.75) is 6.92 Å². The van der Waals surface area contributed by atoms with Gasteiger partial charge in [0.05, 0.1) is 11.1 Å². The van der Waals surface area contributed by atoms with E-state index in [4.69, 9.17) is 9.47 Å². The molecule has 0 fully saturated rings. The number of hydrogen-bond donors (Lipinski definition) is 0. The van der Waals surface area contributed by atoms with Gasteiger partial charge in [-0.1, -0.05) is 36.4 Å². The van der Waals surface area contributed by atoms with Gasteiger partial charge in [-0.2, -0.15) is 0 Å². The Morgan fingerprint density at radius 2 is 1.20 bits per heavy atom. The van der Waals surface area contributed by atoms with Gasteiger partial charge in [0.15, 0.2) is 0 Å². The molecule has 0 aliphatic heterocycles. The lowest BCUT2D eigenvalue weighted by molar-refractivity contribution is 0.0718. The van der Waals surface area contributed by atoms with E-state index < -0.39 is 11.9 Å². The minimum atomic E-state index is -0.436. The summed E-state index contributed by atoms with van der Waals surface area (Å²) in [5, 5.41) is 0. The van der Waals surface area contributed by atoms with Crippen LogP contribution in [0.15, 0.2) is 78.9 Å². The quantitative estimate of drug-likeness (QED) is 0.524. The molecule has 0 spiro atoms. The highest BCUT2D eigenvalue weighted by atomic mass is 16.5. The standard InChI is InChI=1S/C21H16O4/c1-15-14-18(24-20(22)16-8-4-2-5-9-16)12-13-19(15)25-21(23)17-10-6-3-7-11-17/h2-14H,1H3. The van der Waals surface area contributed by atoms with Crippen LogP contribution in [0, 0.1) is 6.92 Å². The Bertz CT molecular complexity index is 886. The fraction of sp³-hybridized carbons (Fsp3) is 0.0476. The van der Waals surface area contributed by atoms with E-state index in [0.29, 0.717) is 28.2 Å². The van der Waals surface area contributed by atoms with E-state index in [1.165, 1.54) is 0 Å². The Morgan fingerprint density at radius 1 is 0.680 bits per heavy atom. The summed E-state index contributed by atoms with van der Waals surface area (Å²) in [5.74, 6) is -0.0500. The maximum Gasteiger partial charge on any atom is 0.343 e. The summed E-state index contributed by atoms with van der Waals surface area (Å²) in [7, 11) is 0. The Balaban J connectivity index is 1.71. The van der Waals surface area contributed by atoms with Crippen molar-refractivity contribution in [1.29, 1.82) is 0 Å². The van der Waals surface area contributed by atoms with Crippen LogP contribution in [0.3, 0.4) is 0 Å². The molecule has 0 saturated heterocycles. The zero-order valence-electron chi connectivity index (χ0n) is 13.6. The maximum absolute atomic E-state index is 12.1. The minimum Gasteiger partial charge on any atom is -0.423 e. The third-order valence-corrected chi connectivity index (χ3v) is 3.58. The van der Waals surface area contributed by atoms with Crippen molar-refractivity contribution in [2.24, 2.45) is 0 Å². The first kappa shape index (κ1) is 16.5. The second-order valence-corrected chi connectivity index (χ2v) is 5.44. The molecule has 0 bridgehead atoms. The van der Waals surface area contributed by atoms with E-state index in [1.54, 1.807) is 73.7 Å². The van der Waals surface area contributed by atoms with E-state index in [-0.39, 0.29) is 0 Å². The molecular weight excluding hydrogens is 316 g/mol. The van der Waals surface area contributed by atoms with Gasteiger partial charge in [0.2, 0.25) is 0 Å². The molecule has 4 nitrogen and oxygen atoms in total. The molecule has 3 aromatic carbocycles. The van der Waals surface area contributed by atoms with E-state index in [2.05, 4.69) is 0 Å². The lowest BCUT2D eigenvalue weighted by Crippen LogP contribution is -2.10. The number of rotatable bonds is 4. The van der Waals surface area contributed by atoms with Gasteiger partial charge in [0, 0.05) is 0 Å². The van der Waals surface area contributed by atoms with Crippen molar-refractivity contribution in [3.05, 3.63) is 95.6 Å². The van der Waals surface area contributed by atoms with Crippen LogP contribution in [0.1, 0.15) is 26.3 Å². The summed E-state index contributed by atoms with van der Waals surface area (Å²) in [6, 6.07) is 22.4. The molecule has 0 amide bonds. The highest BCUT2D eigenvalue weighted by molar-refractivity contribution is 5.92. The molecule has 0 saturated carbocycles. The van der Waals surface area contributed by atoms with Crippen LogP contribution in [-0.4, -0.2) is 11.9 Å². The van der Waals surface area contributed by atoms with Crippen molar-refractivity contribution < 1.29 is 19.1 Å². The lowest BCUT2D eigenvalue weighted by atomic mass is 10.2. The Morgan fingerprint density at radius 3 is 1.72 bits per heavy atom. The summed E-state index contributed by atoms with van der Waals surface area (Å²) in [6.45, 7) is 1.79. The third kappa shape index (κ3) is 4.12. The van der Waals surface area contributed by atoms with Crippen molar-refractivity contribution >= 4 is 11.9 Å². The van der Waals surface area contributed by atoms with E-state index in [1.807, 2.05) is 12.1 Å². The number of carbonyl (C=O) groups excluding carboxylic acids is 2. The van der Waals surface area contributed by atoms with Crippen LogP contribution in [0.4, 0.5) is 0 Å². The van der Waals surface area contributed by atoms with Gasteiger partial charge < -0.3 is 9.47 Å². The fourth-order valence-corrected chi connectivity index (χ4v) is 2.27. The molecule has 3 rings (SSSR count). The van der Waals surface area contributed by atoms with Crippen LogP contribution in [-0.2, 0) is 0 Å². The number of benzene rings is 3. The van der Waals surface area contributed by atoms with Gasteiger partial charge >= 0.3 is 11.9 Å². The van der Waals surface area contributed by atoms with Crippen LogP contribution < -0.4 is 9.47 Å². The lowest BCUT2D eigenvalue weighted by Gasteiger charge is -2.10. The predicted molar refractivity (Wildman–Crippen MR) is 94.0 cm³/mol. The van der Waals surface area contributed by atoms with Gasteiger partial charge in [-0.05, 0) is 55.0 Å². The largest absolute Gasteiger partial charge is 0.423 e. The Kier molecular flexibility index (Phi) is 4.90. The average Bonchev–Trinajstić information content (AvgIpc) is 2.65. The number of esters is 2. The number of hydrogen-bond acceptors (Lipinski definition) is 4. The van der Waals surface area contributed by atoms with Crippen LogP contribution >= 0.6 is 0 Å². The van der Waals surface area contributed by atoms with Crippen molar-refractivity contribution in [3.8, 4) is 11.5 Å². The second-order valence-electron chi connectivity index (χ2n) is 5.44. The molecule has 124 valence electrons. The van der Waals surface area contributed by atoms with Gasteiger partial charge in [-0.25, -0.2) is 9.59 Å². The molecule has 0 aliphatic carbocycles. The van der Waals surface area contributed by atoms with E-state index in [9.17, 15) is 9.59 Å². The molecule has 0 aliphatic rings. The molecule has 0 N–H and O–H groups in total. The Labute approximate surface area is 145 Å². The van der Waals surface area contributed by atoms with Gasteiger partial charge in [-0.3, -0.25) is 0 Å². The van der Waals surface area contributed by atoms with Crippen LogP contribution in [0.25, 0.3) is 0 Å². The first-order valence-electron chi connectivity index (χ1n) is 7.78. The molecule has 0 heterocycles. The topological polar surface area (TPSA) is 52.6 Å². The fourth-order valence-electron chi connectivity index (χ4n) is 2.27. The first-order valence-corrected chi connectivity index (χ1v) is 7.78. The van der Waals surface area contributed by atoms with Crippen LogP contribution in [0.2, 0.25) is 0 Å². The molecule has 25 heavy (non-hydrogen) atoms. The smallest absolute Gasteiger partial charge is 0.343 e. The van der Waals surface area contributed by atoms with Gasteiger partial charge in [0.25, 0.3) is 0 Å². The highest BCUT2D eigenvalue weighted by Crippen LogP contribution is 2.25. The van der Waals surface area contributed by atoms with Crippen molar-refractivity contribution in [3.63, 3.8) is 0 Å².